The van der Waals surface area contributed by atoms with Crippen LogP contribution in [0, 0.1) is 10.1 Å². The van der Waals surface area contributed by atoms with Crippen molar-refractivity contribution < 1.29 is 19.2 Å². The van der Waals surface area contributed by atoms with E-state index >= 15 is 0 Å². The second kappa shape index (κ2) is 7.98. The Bertz CT molecular complexity index is 588. The van der Waals surface area contributed by atoms with Crippen molar-refractivity contribution in [2.24, 2.45) is 5.73 Å². The SMILES string of the molecule is COc1cc(C(=O)N2CCC(N)CC2)c([N+](=O)[O-])cc1OC.Cl. The first kappa shape index (κ1) is 19.0. The zero-order chi connectivity index (χ0) is 16.3. The lowest BCUT2D eigenvalue weighted by molar-refractivity contribution is -0.385. The van der Waals surface area contributed by atoms with E-state index in [4.69, 9.17) is 15.2 Å². The van der Waals surface area contributed by atoms with E-state index in [2.05, 4.69) is 0 Å². The number of piperidine rings is 1. The molecule has 0 unspecified atom stereocenters. The van der Waals surface area contributed by atoms with Gasteiger partial charge in [-0.05, 0) is 12.8 Å². The summed E-state index contributed by atoms with van der Waals surface area (Å²) in [6.45, 7) is 0.983. The molecule has 0 atom stereocenters. The summed E-state index contributed by atoms with van der Waals surface area (Å²) in [6, 6.07) is 2.64. The van der Waals surface area contributed by atoms with Crippen LogP contribution in [0.25, 0.3) is 0 Å². The molecule has 128 valence electrons. The predicted octanol–water partition coefficient (Wildman–Crippen LogP) is 1.60. The van der Waals surface area contributed by atoms with E-state index in [0.29, 0.717) is 25.9 Å². The van der Waals surface area contributed by atoms with Crippen molar-refractivity contribution in [2.45, 2.75) is 18.9 Å². The number of carbonyl (C=O) groups excluding carboxylic acids is 1. The van der Waals surface area contributed by atoms with Crippen molar-refractivity contribution in [3.8, 4) is 11.5 Å². The smallest absolute Gasteiger partial charge is 0.286 e. The molecular weight excluding hydrogens is 326 g/mol. The van der Waals surface area contributed by atoms with Crippen molar-refractivity contribution in [1.82, 2.24) is 4.90 Å². The second-order valence-corrected chi connectivity index (χ2v) is 5.11. The predicted molar refractivity (Wildman–Crippen MR) is 86.6 cm³/mol. The van der Waals surface area contributed by atoms with Gasteiger partial charge in [0.2, 0.25) is 0 Å². The molecule has 0 aliphatic carbocycles. The van der Waals surface area contributed by atoms with Gasteiger partial charge >= 0.3 is 0 Å². The largest absolute Gasteiger partial charge is 0.493 e. The lowest BCUT2D eigenvalue weighted by Crippen LogP contribution is -2.43. The molecule has 1 aliphatic heterocycles. The summed E-state index contributed by atoms with van der Waals surface area (Å²) in [7, 11) is 2.80. The molecule has 1 aliphatic rings. The molecule has 1 heterocycles. The molecule has 1 aromatic carbocycles. The minimum atomic E-state index is -0.592. The Morgan fingerprint density at radius 3 is 2.26 bits per heavy atom. The zero-order valence-electron chi connectivity index (χ0n) is 13.0. The van der Waals surface area contributed by atoms with Crippen molar-refractivity contribution >= 4 is 24.0 Å². The standard InChI is InChI=1S/C14H19N3O5.ClH/c1-21-12-7-10(11(17(19)20)8-13(12)22-2)14(18)16-5-3-9(15)4-6-16;/h7-9H,3-6,15H2,1-2H3;1H. The third kappa shape index (κ3) is 4.02. The third-order valence-electron chi connectivity index (χ3n) is 3.76. The van der Waals surface area contributed by atoms with Gasteiger partial charge < -0.3 is 20.1 Å². The summed E-state index contributed by atoms with van der Waals surface area (Å²) in [5.74, 6) is 0.108. The van der Waals surface area contributed by atoms with Gasteiger partial charge in [0.25, 0.3) is 11.6 Å². The molecule has 2 rings (SSSR count). The van der Waals surface area contributed by atoms with Gasteiger partial charge in [0.05, 0.1) is 25.2 Å². The first-order valence-corrected chi connectivity index (χ1v) is 6.93. The van der Waals surface area contributed by atoms with Gasteiger partial charge in [0.15, 0.2) is 11.5 Å². The average Bonchev–Trinajstić information content (AvgIpc) is 2.53. The monoisotopic (exact) mass is 345 g/mol. The number of ether oxygens (including phenoxy) is 2. The molecule has 23 heavy (non-hydrogen) atoms. The molecule has 0 bridgehead atoms. The van der Waals surface area contributed by atoms with Crippen LogP contribution in [0.5, 0.6) is 11.5 Å². The van der Waals surface area contributed by atoms with Crippen LogP contribution in [0.3, 0.4) is 0 Å². The molecule has 8 nitrogen and oxygen atoms in total. The number of hydrogen-bond acceptors (Lipinski definition) is 6. The van der Waals surface area contributed by atoms with Crippen LogP contribution < -0.4 is 15.2 Å². The fourth-order valence-electron chi connectivity index (χ4n) is 2.46. The molecular formula is C14H20ClN3O5. The van der Waals surface area contributed by atoms with Gasteiger partial charge in [-0.2, -0.15) is 0 Å². The highest BCUT2D eigenvalue weighted by Crippen LogP contribution is 2.35. The molecule has 1 saturated heterocycles. The molecule has 1 fully saturated rings. The third-order valence-corrected chi connectivity index (χ3v) is 3.76. The average molecular weight is 346 g/mol. The van der Waals surface area contributed by atoms with Gasteiger partial charge in [0, 0.05) is 25.2 Å². The van der Waals surface area contributed by atoms with Gasteiger partial charge in [-0.15, -0.1) is 12.4 Å². The van der Waals surface area contributed by atoms with Crippen LogP contribution >= 0.6 is 12.4 Å². The number of methoxy groups -OCH3 is 2. The normalized spacial score (nSPS) is 14.8. The Kier molecular flexibility index (Phi) is 6.59. The summed E-state index contributed by atoms with van der Waals surface area (Å²) >= 11 is 0. The first-order valence-electron chi connectivity index (χ1n) is 6.93. The lowest BCUT2D eigenvalue weighted by atomic mass is 10.0. The summed E-state index contributed by atoms with van der Waals surface area (Å²) in [5.41, 5.74) is 5.52. The number of nitro groups is 1. The molecule has 2 N–H and O–H groups in total. The molecule has 9 heteroatoms. The summed E-state index contributed by atoms with van der Waals surface area (Å²) in [4.78, 5) is 24.8. The summed E-state index contributed by atoms with van der Waals surface area (Å²) < 4.78 is 10.2. The number of nitrogens with two attached hydrogens (primary N) is 1. The number of carbonyl (C=O) groups is 1. The van der Waals surface area contributed by atoms with E-state index in [1.165, 1.54) is 26.4 Å². The topological polar surface area (TPSA) is 108 Å². The second-order valence-electron chi connectivity index (χ2n) is 5.11. The highest BCUT2D eigenvalue weighted by molar-refractivity contribution is 5.99. The maximum Gasteiger partial charge on any atom is 0.286 e. The van der Waals surface area contributed by atoms with Crippen LogP contribution in [0.2, 0.25) is 0 Å². The van der Waals surface area contributed by atoms with Crippen LogP contribution in [0.4, 0.5) is 5.69 Å². The number of likely N-dealkylation sites (tertiary alicyclic amines) is 1. The van der Waals surface area contributed by atoms with E-state index < -0.39 is 4.92 Å². The number of rotatable bonds is 4. The minimum absolute atomic E-state index is 0. The first-order chi connectivity index (χ1) is 10.5. The number of nitrogens with zero attached hydrogens (tertiary/aromatic N) is 2. The maximum absolute atomic E-state index is 12.6. The lowest BCUT2D eigenvalue weighted by Gasteiger charge is -2.30. The molecule has 0 saturated carbocycles. The van der Waals surface area contributed by atoms with Crippen molar-refractivity contribution in [3.63, 3.8) is 0 Å². The molecule has 0 aromatic heterocycles. The quantitative estimate of drug-likeness (QED) is 0.656. The van der Waals surface area contributed by atoms with E-state index in [9.17, 15) is 14.9 Å². The Labute approximate surface area is 140 Å². The highest BCUT2D eigenvalue weighted by atomic mass is 35.5. The Hall–Kier alpha value is -2.06. The van der Waals surface area contributed by atoms with E-state index in [1.54, 1.807) is 4.90 Å². The number of amides is 1. The van der Waals surface area contributed by atoms with E-state index in [1.807, 2.05) is 0 Å². The zero-order valence-corrected chi connectivity index (χ0v) is 13.8. The Balaban J connectivity index is 0.00000264. The molecule has 1 amide bonds. The van der Waals surface area contributed by atoms with Crippen molar-refractivity contribution in [3.05, 3.63) is 27.8 Å². The van der Waals surface area contributed by atoms with E-state index in [0.717, 1.165) is 0 Å². The minimum Gasteiger partial charge on any atom is -0.493 e. The van der Waals surface area contributed by atoms with Crippen LogP contribution in [0.15, 0.2) is 12.1 Å². The number of nitro benzene ring substituents is 1. The fraction of sp³-hybridized carbons (Fsp3) is 0.500. The van der Waals surface area contributed by atoms with Crippen molar-refractivity contribution in [1.29, 1.82) is 0 Å². The molecule has 0 radical (unpaired) electrons. The van der Waals surface area contributed by atoms with Crippen molar-refractivity contribution in [2.75, 3.05) is 27.3 Å². The van der Waals surface area contributed by atoms with Crippen LogP contribution in [-0.2, 0) is 0 Å². The molecule has 0 spiro atoms. The summed E-state index contributed by atoms with van der Waals surface area (Å²) in [5, 5.41) is 11.2. The number of benzene rings is 1. The van der Waals surface area contributed by atoms with E-state index in [-0.39, 0.29) is 47.1 Å². The maximum atomic E-state index is 12.6. The van der Waals surface area contributed by atoms with Gasteiger partial charge in [0.1, 0.15) is 5.56 Å². The Morgan fingerprint density at radius 1 is 1.26 bits per heavy atom. The Morgan fingerprint density at radius 2 is 1.78 bits per heavy atom. The van der Waals surface area contributed by atoms with Crippen LogP contribution in [-0.4, -0.2) is 49.1 Å². The summed E-state index contributed by atoms with van der Waals surface area (Å²) in [6.07, 6.45) is 1.37. The number of halogens is 1. The van der Waals surface area contributed by atoms with Gasteiger partial charge in [-0.1, -0.05) is 0 Å². The van der Waals surface area contributed by atoms with Gasteiger partial charge in [-0.25, -0.2) is 0 Å². The van der Waals surface area contributed by atoms with Gasteiger partial charge in [-0.3, -0.25) is 14.9 Å². The van der Waals surface area contributed by atoms with Crippen LogP contribution in [0.1, 0.15) is 23.2 Å². The highest BCUT2D eigenvalue weighted by Gasteiger charge is 2.29. The fourth-order valence-corrected chi connectivity index (χ4v) is 2.46. The number of hydrogen-bond donors (Lipinski definition) is 1. The molecule has 1 aromatic rings.